The number of oxazole rings is 1. The van der Waals surface area contributed by atoms with Crippen LogP contribution in [0.1, 0.15) is 47.7 Å². The second kappa shape index (κ2) is 13.7. The van der Waals surface area contributed by atoms with Gasteiger partial charge in [-0.15, -0.1) is 0 Å². The number of primary amides is 1. The van der Waals surface area contributed by atoms with Gasteiger partial charge in [-0.3, -0.25) is 4.79 Å². The Balaban J connectivity index is 1.56. The van der Waals surface area contributed by atoms with Crippen molar-refractivity contribution in [2.75, 3.05) is 26.3 Å². The Morgan fingerprint density at radius 3 is 2.61 bits per heavy atom. The topological polar surface area (TPSA) is 164 Å². The van der Waals surface area contributed by atoms with Gasteiger partial charge in [-0.1, -0.05) is 6.07 Å². The van der Waals surface area contributed by atoms with Crippen molar-refractivity contribution in [3.8, 4) is 23.0 Å². The smallest absolute Gasteiger partial charge is 0.405 e. The van der Waals surface area contributed by atoms with Crippen LogP contribution in [0.4, 0.5) is 22.4 Å². The molecular formula is C30H30F4N4O8. The van der Waals surface area contributed by atoms with E-state index < -0.39 is 53.7 Å². The fraction of sp³-hybridized carbons (Fsp3) is 0.400. The van der Waals surface area contributed by atoms with Crippen molar-refractivity contribution in [1.29, 1.82) is 0 Å². The summed E-state index contributed by atoms with van der Waals surface area (Å²) >= 11 is 0. The van der Waals surface area contributed by atoms with Crippen molar-refractivity contribution in [1.82, 2.24) is 15.6 Å². The van der Waals surface area contributed by atoms with Gasteiger partial charge >= 0.3 is 12.7 Å². The van der Waals surface area contributed by atoms with E-state index in [-0.39, 0.29) is 66.2 Å². The molecule has 2 amide bonds. The highest BCUT2D eigenvalue weighted by atomic mass is 19.3. The lowest BCUT2D eigenvalue weighted by Crippen LogP contribution is -2.61. The maximum absolute atomic E-state index is 15.2. The minimum Gasteiger partial charge on any atom is -0.489 e. The second-order valence-electron chi connectivity index (χ2n) is 10.7. The van der Waals surface area contributed by atoms with E-state index in [2.05, 4.69) is 20.4 Å². The van der Waals surface area contributed by atoms with Gasteiger partial charge in [0.15, 0.2) is 40.9 Å². The Kier molecular flexibility index (Phi) is 9.76. The average molecular weight is 651 g/mol. The first-order valence-corrected chi connectivity index (χ1v) is 14.3. The summed E-state index contributed by atoms with van der Waals surface area (Å²) in [4.78, 5) is 42.6. The van der Waals surface area contributed by atoms with Crippen molar-refractivity contribution in [3.05, 3.63) is 65.1 Å². The van der Waals surface area contributed by atoms with Gasteiger partial charge in [0.2, 0.25) is 5.89 Å². The zero-order valence-corrected chi connectivity index (χ0v) is 24.4. The van der Waals surface area contributed by atoms with Crippen molar-refractivity contribution >= 4 is 18.3 Å². The molecule has 0 spiro atoms. The molecule has 46 heavy (non-hydrogen) atoms. The van der Waals surface area contributed by atoms with Gasteiger partial charge < -0.3 is 44.5 Å². The summed E-state index contributed by atoms with van der Waals surface area (Å²) in [5.74, 6) is -3.69. The lowest BCUT2D eigenvalue weighted by molar-refractivity contribution is -0.122. The van der Waals surface area contributed by atoms with Crippen LogP contribution < -0.4 is 25.8 Å². The van der Waals surface area contributed by atoms with Gasteiger partial charge in [0, 0.05) is 30.3 Å². The van der Waals surface area contributed by atoms with Crippen molar-refractivity contribution in [3.63, 3.8) is 0 Å². The highest BCUT2D eigenvalue weighted by Crippen LogP contribution is 2.38. The standard InChI is InChI=1S/C30H30F4N4O8/c1-15(44-29(35)41)25-24(37-27(46-25)17-4-7-21(45-28(33)34)22(10-17)43-13-16-2-3-16)26(40)38-30(14-39,23-12-36-8-9-42-23)19-6-5-18(31)11-20(19)32/h4-7,10-11,14-16,23,28,36H,2-3,8-9,12-13H2,1H3,(H2,35,41)(H,38,40)/t15-,23?,30?/m0/s1. The number of amides is 2. The van der Waals surface area contributed by atoms with Gasteiger partial charge in [-0.25, -0.2) is 18.6 Å². The monoisotopic (exact) mass is 650 g/mol. The molecule has 2 aromatic carbocycles. The molecule has 12 nitrogen and oxygen atoms in total. The zero-order valence-electron chi connectivity index (χ0n) is 24.4. The van der Waals surface area contributed by atoms with E-state index in [4.69, 9.17) is 24.4 Å². The summed E-state index contributed by atoms with van der Waals surface area (Å²) in [6.45, 7) is -1.02. The third-order valence-corrected chi connectivity index (χ3v) is 7.43. The summed E-state index contributed by atoms with van der Waals surface area (Å²) in [7, 11) is 0. The van der Waals surface area contributed by atoms with Gasteiger partial charge in [0.25, 0.3) is 5.91 Å². The van der Waals surface area contributed by atoms with Crippen LogP contribution in [0.25, 0.3) is 11.5 Å². The quantitative estimate of drug-likeness (QED) is 0.182. The third kappa shape index (κ3) is 7.23. The molecule has 2 unspecified atom stereocenters. The van der Waals surface area contributed by atoms with Crippen LogP contribution in [-0.4, -0.2) is 62.3 Å². The van der Waals surface area contributed by atoms with Crippen LogP contribution in [0.15, 0.2) is 40.8 Å². The fourth-order valence-corrected chi connectivity index (χ4v) is 4.98. The highest BCUT2D eigenvalue weighted by Gasteiger charge is 2.47. The normalized spacial score (nSPS) is 18.3. The predicted molar refractivity (Wildman–Crippen MR) is 150 cm³/mol. The number of halogens is 4. The molecule has 5 rings (SSSR count). The number of carbonyl (C=O) groups is 3. The maximum atomic E-state index is 15.2. The predicted octanol–water partition coefficient (Wildman–Crippen LogP) is 3.98. The minimum atomic E-state index is -3.13. The van der Waals surface area contributed by atoms with Gasteiger partial charge in [0.05, 0.1) is 13.2 Å². The molecule has 0 bridgehead atoms. The molecule has 2 heterocycles. The number of hydrogen-bond donors (Lipinski definition) is 3. The molecule has 2 fully saturated rings. The van der Waals surface area contributed by atoms with E-state index >= 15 is 4.39 Å². The Hall–Kier alpha value is -4.70. The Morgan fingerprint density at radius 2 is 1.98 bits per heavy atom. The number of rotatable bonds is 13. The van der Waals surface area contributed by atoms with Crippen molar-refractivity contribution in [2.24, 2.45) is 11.7 Å². The first kappa shape index (κ1) is 32.7. The van der Waals surface area contributed by atoms with E-state index in [1.807, 2.05) is 0 Å². The number of nitrogens with zero attached hydrogens (tertiary/aromatic N) is 1. The lowest BCUT2D eigenvalue weighted by atomic mass is 9.84. The van der Waals surface area contributed by atoms with E-state index in [1.165, 1.54) is 25.1 Å². The van der Waals surface area contributed by atoms with Gasteiger partial charge in [-0.2, -0.15) is 8.78 Å². The first-order chi connectivity index (χ1) is 22.0. The van der Waals surface area contributed by atoms with Crippen molar-refractivity contribution in [2.45, 2.75) is 44.1 Å². The van der Waals surface area contributed by atoms with E-state index in [1.54, 1.807) is 0 Å². The molecular weight excluding hydrogens is 620 g/mol. The maximum Gasteiger partial charge on any atom is 0.405 e. The first-order valence-electron chi connectivity index (χ1n) is 14.3. The van der Waals surface area contributed by atoms with Crippen LogP contribution in [0.2, 0.25) is 0 Å². The van der Waals surface area contributed by atoms with Crippen LogP contribution >= 0.6 is 0 Å². The molecule has 16 heteroatoms. The number of benzene rings is 2. The Morgan fingerprint density at radius 1 is 1.20 bits per heavy atom. The molecule has 246 valence electrons. The number of aromatic nitrogens is 1. The highest BCUT2D eigenvalue weighted by molar-refractivity contribution is 5.96. The number of alkyl halides is 2. The number of carbonyl (C=O) groups excluding carboxylic acids is 3. The summed E-state index contributed by atoms with van der Waals surface area (Å²) in [5.41, 5.74) is 2.27. The molecule has 1 aliphatic carbocycles. The molecule has 1 aliphatic heterocycles. The molecule has 1 saturated heterocycles. The van der Waals surface area contributed by atoms with Crippen LogP contribution in [0.5, 0.6) is 11.5 Å². The Labute approximate surface area is 259 Å². The summed E-state index contributed by atoms with van der Waals surface area (Å²) in [6.07, 6.45) is -1.53. The van der Waals surface area contributed by atoms with Crippen LogP contribution in [-0.2, 0) is 19.8 Å². The number of nitrogens with one attached hydrogen (secondary N) is 2. The van der Waals surface area contributed by atoms with Crippen LogP contribution in [0, 0.1) is 17.6 Å². The lowest BCUT2D eigenvalue weighted by Gasteiger charge is -2.39. The number of hydrogen-bond acceptors (Lipinski definition) is 10. The second-order valence-corrected chi connectivity index (χ2v) is 10.7. The average Bonchev–Trinajstić information content (AvgIpc) is 3.74. The Bertz CT molecular complexity index is 1590. The van der Waals surface area contributed by atoms with Gasteiger partial charge in [-0.05, 0) is 49.9 Å². The summed E-state index contributed by atoms with van der Waals surface area (Å²) < 4.78 is 82.0. The summed E-state index contributed by atoms with van der Waals surface area (Å²) in [6, 6.07) is 6.34. The number of morpholine rings is 1. The number of ether oxygens (including phenoxy) is 4. The molecule has 4 N–H and O–H groups in total. The number of aldehydes is 1. The molecule has 1 saturated carbocycles. The fourth-order valence-electron chi connectivity index (χ4n) is 4.98. The molecule has 3 atom stereocenters. The minimum absolute atomic E-state index is 0.00458. The summed E-state index contributed by atoms with van der Waals surface area (Å²) in [5, 5.41) is 5.48. The van der Waals surface area contributed by atoms with Crippen molar-refractivity contribution < 1.29 is 55.3 Å². The third-order valence-electron chi connectivity index (χ3n) is 7.43. The molecule has 0 radical (unpaired) electrons. The van der Waals surface area contributed by atoms with E-state index in [0.717, 1.165) is 25.0 Å². The van der Waals surface area contributed by atoms with E-state index in [0.29, 0.717) is 12.6 Å². The van der Waals surface area contributed by atoms with Gasteiger partial charge in [0.1, 0.15) is 17.7 Å². The van der Waals surface area contributed by atoms with Crippen LogP contribution in [0.3, 0.4) is 0 Å². The SMILES string of the molecule is C[C@H](OC(N)=O)c1oc(-c2ccc(OC(F)F)c(OCC3CC3)c2)nc1C(=O)NC(C=O)(c1ccc(F)cc1F)C1CNCCO1. The largest absolute Gasteiger partial charge is 0.489 e. The zero-order chi connectivity index (χ0) is 33.0. The number of nitrogens with two attached hydrogens (primary N) is 1. The molecule has 1 aromatic heterocycles. The molecule has 3 aromatic rings. The molecule has 2 aliphatic rings. The van der Waals surface area contributed by atoms with E-state index in [9.17, 15) is 27.6 Å².